The van der Waals surface area contributed by atoms with Gasteiger partial charge in [-0.25, -0.2) is 25.9 Å². The van der Waals surface area contributed by atoms with E-state index in [1.807, 2.05) is 13.8 Å². The van der Waals surface area contributed by atoms with E-state index < -0.39 is 20.0 Å². The Bertz CT molecular complexity index is 665. The highest BCUT2D eigenvalue weighted by atomic mass is 32.2. The maximum absolute atomic E-state index is 12.1. The fourth-order valence-electron chi connectivity index (χ4n) is 1.91. The quantitative estimate of drug-likeness (QED) is 0.638. The molecule has 0 saturated heterocycles. The van der Waals surface area contributed by atoms with Gasteiger partial charge in [-0.05, 0) is 25.5 Å². The van der Waals surface area contributed by atoms with Gasteiger partial charge in [-0.1, -0.05) is 19.8 Å². The summed E-state index contributed by atoms with van der Waals surface area (Å²) in [5, 5.41) is 0. The van der Waals surface area contributed by atoms with Crippen molar-refractivity contribution in [3.05, 3.63) is 17.0 Å². The van der Waals surface area contributed by atoms with Gasteiger partial charge in [0.1, 0.15) is 4.21 Å². The summed E-state index contributed by atoms with van der Waals surface area (Å²) < 4.78 is 51.6. The van der Waals surface area contributed by atoms with E-state index in [0.29, 0.717) is 6.54 Å². The Labute approximate surface area is 137 Å². The zero-order valence-corrected chi connectivity index (χ0v) is 15.7. The molecule has 1 aromatic rings. The van der Waals surface area contributed by atoms with Crippen LogP contribution in [0.2, 0.25) is 0 Å². The Kier molecular flexibility index (Phi) is 7.47. The molecule has 6 nitrogen and oxygen atoms in total. The molecule has 0 aliphatic heterocycles. The van der Waals surface area contributed by atoms with Gasteiger partial charge in [0.05, 0.1) is 6.26 Å². The molecule has 22 heavy (non-hydrogen) atoms. The van der Waals surface area contributed by atoms with Crippen LogP contribution >= 0.6 is 11.3 Å². The topological polar surface area (TPSA) is 83.6 Å². The summed E-state index contributed by atoms with van der Waals surface area (Å²) in [5.74, 6) is 0. The number of aryl methyl sites for hydroxylation is 1. The average molecular weight is 369 g/mol. The highest BCUT2D eigenvalue weighted by Crippen LogP contribution is 2.20. The second kappa shape index (κ2) is 8.39. The monoisotopic (exact) mass is 368 g/mol. The van der Waals surface area contributed by atoms with Crippen LogP contribution in [0, 0.1) is 6.92 Å². The fourth-order valence-corrected chi connectivity index (χ4v) is 5.15. The van der Waals surface area contributed by atoms with Crippen molar-refractivity contribution in [3.63, 3.8) is 0 Å². The van der Waals surface area contributed by atoms with Gasteiger partial charge in [0.15, 0.2) is 0 Å². The summed E-state index contributed by atoms with van der Waals surface area (Å²) in [6.07, 6.45) is 3.88. The van der Waals surface area contributed by atoms with Crippen LogP contribution in [0.3, 0.4) is 0 Å². The molecular formula is C13H24N2O4S3. The maximum atomic E-state index is 12.1. The third-order valence-electron chi connectivity index (χ3n) is 3.11. The molecule has 9 heteroatoms. The maximum Gasteiger partial charge on any atom is 0.250 e. The van der Waals surface area contributed by atoms with E-state index in [4.69, 9.17) is 0 Å². The van der Waals surface area contributed by atoms with Crippen LogP contribution in [0.4, 0.5) is 0 Å². The number of nitrogens with one attached hydrogen (secondary N) is 1. The molecule has 0 amide bonds. The normalized spacial score (nSPS) is 12.9. The third-order valence-corrected chi connectivity index (χ3v) is 7.37. The summed E-state index contributed by atoms with van der Waals surface area (Å²) in [6.45, 7) is 4.52. The number of nitrogens with zero attached hydrogens (tertiary/aromatic N) is 1. The van der Waals surface area contributed by atoms with Gasteiger partial charge in [-0.15, -0.1) is 11.3 Å². The van der Waals surface area contributed by atoms with Crippen LogP contribution in [0.15, 0.2) is 16.3 Å². The first-order valence-corrected chi connectivity index (χ1v) is 11.3. The lowest BCUT2D eigenvalue weighted by atomic mass is 10.2. The van der Waals surface area contributed by atoms with Gasteiger partial charge in [-0.3, -0.25) is 0 Å². The molecule has 0 atom stereocenters. The number of rotatable bonds is 10. The van der Waals surface area contributed by atoms with Crippen LogP contribution in [-0.2, 0) is 20.0 Å². The molecule has 0 saturated carbocycles. The molecule has 1 N–H and O–H groups in total. The van der Waals surface area contributed by atoms with Crippen molar-refractivity contribution in [2.24, 2.45) is 0 Å². The predicted molar refractivity (Wildman–Crippen MR) is 90.2 cm³/mol. The van der Waals surface area contributed by atoms with Crippen molar-refractivity contribution < 1.29 is 16.8 Å². The molecule has 0 unspecified atom stereocenters. The van der Waals surface area contributed by atoms with E-state index in [2.05, 4.69) is 4.72 Å². The minimum atomic E-state index is -3.56. The van der Waals surface area contributed by atoms with Crippen LogP contribution < -0.4 is 4.72 Å². The van der Waals surface area contributed by atoms with Gasteiger partial charge in [0, 0.05) is 24.5 Å². The Morgan fingerprint density at radius 3 is 2.32 bits per heavy atom. The first kappa shape index (κ1) is 19.6. The number of hydrogen-bond acceptors (Lipinski definition) is 5. The summed E-state index contributed by atoms with van der Waals surface area (Å²) in [6, 6.07) is 3.30. The fraction of sp³-hybridized carbons (Fsp3) is 0.692. The van der Waals surface area contributed by atoms with Crippen molar-refractivity contribution in [3.8, 4) is 0 Å². The molecule has 0 spiro atoms. The standard InChI is InChI=1S/C13H24N2O4S3/c1-4-5-6-10-15(21(3,16)17)11-9-14-22(18,19)13-8-7-12(2)20-13/h7-8,14H,4-6,9-11H2,1-3H3. The molecule has 0 aliphatic rings. The van der Waals surface area contributed by atoms with Gasteiger partial charge >= 0.3 is 0 Å². The van der Waals surface area contributed by atoms with Crippen molar-refractivity contribution in [1.29, 1.82) is 0 Å². The predicted octanol–water partition coefficient (Wildman–Crippen LogP) is 1.79. The molecular weight excluding hydrogens is 344 g/mol. The SMILES string of the molecule is CCCCCN(CCNS(=O)(=O)c1ccc(C)s1)S(C)(=O)=O. The number of thiophene rings is 1. The van der Waals surface area contributed by atoms with Crippen molar-refractivity contribution in [2.75, 3.05) is 25.9 Å². The van der Waals surface area contributed by atoms with Crippen molar-refractivity contribution >= 4 is 31.4 Å². The number of unbranched alkanes of at least 4 members (excludes halogenated alkanes) is 2. The van der Waals surface area contributed by atoms with Gasteiger partial charge in [0.25, 0.3) is 0 Å². The van der Waals surface area contributed by atoms with E-state index in [0.717, 1.165) is 30.4 Å². The van der Waals surface area contributed by atoms with Gasteiger partial charge in [-0.2, -0.15) is 0 Å². The summed E-state index contributed by atoms with van der Waals surface area (Å²) >= 11 is 1.19. The molecule has 1 aromatic heterocycles. The van der Waals surface area contributed by atoms with Crippen molar-refractivity contribution in [2.45, 2.75) is 37.3 Å². The smallest absolute Gasteiger partial charge is 0.213 e. The molecule has 0 fully saturated rings. The van der Waals surface area contributed by atoms with Crippen LogP contribution in [0.1, 0.15) is 31.1 Å². The van der Waals surface area contributed by atoms with E-state index >= 15 is 0 Å². The van der Waals surface area contributed by atoms with E-state index in [1.165, 1.54) is 15.6 Å². The van der Waals surface area contributed by atoms with E-state index in [9.17, 15) is 16.8 Å². The average Bonchev–Trinajstić information content (AvgIpc) is 2.83. The molecule has 0 bridgehead atoms. The lowest BCUT2D eigenvalue weighted by molar-refractivity contribution is 0.405. The molecule has 1 rings (SSSR count). The largest absolute Gasteiger partial charge is 0.250 e. The minimum absolute atomic E-state index is 0.0679. The zero-order chi connectivity index (χ0) is 16.8. The van der Waals surface area contributed by atoms with Crippen LogP contribution in [0.5, 0.6) is 0 Å². The Hall–Kier alpha value is -0.480. The van der Waals surface area contributed by atoms with E-state index in [-0.39, 0.29) is 17.3 Å². The Morgan fingerprint density at radius 2 is 1.82 bits per heavy atom. The number of hydrogen-bond donors (Lipinski definition) is 1. The minimum Gasteiger partial charge on any atom is -0.213 e. The highest BCUT2D eigenvalue weighted by molar-refractivity contribution is 7.91. The second-order valence-corrected chi connectivity index (χ2v) is 10.4. The molecule has 128 valence electrons. The summed E-state index contributed by atoms with van der Waals surface area (Å²) in [5.41, 5.74) is 0. The van der Waals surface area contributed by atoms with E-state index in [1.54, 1.807) is 12.1 Å². The van der Waals surface area contributed by atoms with Crippen molar-refractivity contribution in [1.82, 2.24) is 9.03 Å². The first-order chi connectivity index (χ1) is 10.2. The van der Waals surface area contributed by atoms with Crippen LogP contribution in [0.25, 0.3) is 0 Å². The summed E-state index contributed by atoms with van der Waals surface area (Å²) in [4.78, 5) is 0.915. The zero-order valence-electron chi connectivity index (χ0n) is 13.2. The molecule has 0 aromatic carbocycles. The number of sulfonamides is 2. The lowest BCUT2D eigenvalue weighted by Gasteiger charge is -2.19. The third kappa shape index (κ3) is 6.33. The molecule has 0 aliphatic carbocycles. The molecule has 0 radical (unpaired) electrons. The van der Waals surface area contributed by atoms with Gasteiger partial charge in [0.2, 0.25) is 20.0 Å². The highest BCUT2D eigenvalue weighted by Gasteiger charge is 2.19. The summed E-state index contributed by atoms with van der Waals surface area (Å²) in [7, 11) is -6.88. The Morgan fingerprint density at radius 1 is 1.14 bits per heavy atom. The van der Waals surface area contributed by atoms with Gasteiger partial charge < -0.3 is 0 Å². The van der Waals surface area contributed by atoms with Crippen LogP contribution in [-0.4, -0.2) is 47.0 Å². The molecule has 1 heterocycles. The second-order valence-electron chi connectivity index (χ2n) is 5.13. The lowest BCUT2D eigenvalue weighted by Crippen LogP contribution is -2.38. The first-order valence-electron chi connectivity index (χ1n) is 7.18. The Balaban J connectivity index is 2.58.